The summed E-state index contributed by atoms with van der Waals surface area (Å²) < 4.78 is 6.28. The number of hydrogen-bond acceptors (Lipinski definition) is 4. The Morgan fingerprint density at radius 1 is 1.24 bits per heavy atom. The molecule has 0 aliphatic heterocycles. The Labute approximate surface area is 138 Å². The maximum atomic E-state index is 6.11. The number of nitrogen functional groups attached to an aromatic ring is 1. The van der Waals surface area contributed by atoms with E-state index in [9.17, 15) is 0 Å². The molecule has 1 aliphatic carbocycles. The largest absolute Gasteiger partial charge is 0.497 e. The summed E-state index contributed by atoms with van der Waals surface area (Å²) in [5, 5.41) is 0. The van der Waals surface area contributed by atoms with Crippen molar-refractivity contribution in [2.75, 3.05) is 12.8 Å². The Balaban J connectivity index is 2.06. The molecule has 1 aliphatic rings. The number of nitrogens with two attached hydrogens (primary N) is 1. The smallest absolute Gasteiger partial charge is 0.161 e. The maximum Gasteiger partial charge on any atom is 0.161 e. The van der Waals surface area contributed by atoms with Gasteiger partial charge in [0.1, 0.15) is 11.6 Å². The van der Waals surface area contributed by atoms with Crippen LogP contribution in [0.5, 0.6) is 5.75 Å². The van der Waals surface area contributed by atoms with E-state index in [1.165, 1.54) is 25.7 Å². The molecule has 2 aromatic rings. The highest BCUT2D eigenvalue weighted by Crippen LogP contribution is 2.37. The summed E-state index contributed by atoms with van der Waals surface area (Å²) >= 11 is 2.27. The van der Waals surface area contributed by atoms with Crippen molar-refractivity contribution < 1.29 is 4.74 Å². The first-order valence-electron chi connectivity index (χ1n) is 7.16. The van der Waals surface area contributed by atoms with Gasteiger partial charge in [0.2, 0.25) is 0 Å². The fourth-order valence-electron chi connectivity index (χ4n) is 2.84. The molecule has 1 aromatic carbocycles. The second kappa shape index (κ2) is 6.17. The predicted molar refractivity (Wildman–Crippen MR) is 92.4 cm³/mol. The molecule has 0 saturated heterocycles. The van der Waals surface area contributed by atoms with Gasteiger partial charge in [-0.25, -0.2) is 9.97 Å². The molecule has 110 valence electrons. The van der Waals surface area contributed by atoms with Crippen molar-refractivity contribution in [3.63, 3.8) is 0 Å². The number of benzene rings is 1. The van der Waals surface area contributed by atoms with E-state index in [4.69, 9.17) is 15.5 Å². The summed E-state index contributed by atoms with van der Waals surface area (Å²) in [5.74, 6) is 2.58. The third-order valence-corrected chi connectivity index (χ3v) is 5.08. The average Bonchev–Trinajstić information content (AvgIpc) is 3.04. The lowest BCUT2D eigenvalue weighted by Crippen LogP contribution is -2.08. The minimum absolute atomic E-state index is 0.520. The first-order chi connectivity index (χ1) is 10.2. The summed E-state index contributed by atoms with van der Waals surface area (Å²) in [6, 6.07) is 7.79. The lowest BCUT2D eigenvalue weighted by atomic mass is 10.0. The van der Waals surface area contributed by atoms with Crippen LogP contribution in [-0.4, -0.2) is 17.1 Å². The van der Waals surface area contributed by atoms with Crippen molar-refractivity contribution in [3.8, 4) is 17.1 Å². The quantitative estimate of drug-likeness (QED) is 0.799. The molecular formula is C16H18IN3O. The lowest BCUT2D eigenvalue weighted by Gasteiger charge is -2.14. The van der Waals surface area contributed by atoms with Crippen LogP contribution >= 0.6 is 22.6 Å². The molecule has 5 heteroatoms. The fraction of sp³-hybridized carbons (Fsp3) is 0.375. The van der Waals surface area contributed by atoms with Crippen molar-refractivity contribution >= 4 is 28.4 Å². The Bertz CT molecular complexity index is 654. The number of anilines is 1. The van der Waals surface area contributed by atoms with Gasteiger partial charge in [-0.1, -0.05) is 25.0 Å². The first kappa shape index (κ1) is 14.6. The van der Waals surface area contributed by atoms with Gasteiger partial charge in [0.25, 0.3) is 0 Å². The molecule has 1 heterocycles. The van der Waals surface area contributed by atoms with Gasteiger partial charge < -0.3 is 10.5 Å². The second-order valence-corrected chi connectivity index (χ2v) is 6.42. The minimum atomic E-state index is 0.520. The number of ether oxygens (including phenoxy) is 1. The molecule has 0 unspecified atom stereocenters. The molecule has 1 saturated carbocycles. The van der Waals surface area contributed by atoms with Crippen LogP contribution in [0.25, 0.3) is 11.4 Å². The van der Waals surface area contributed by atoms with E-state index in [0.717, 1.165) is 20.6 Å². The molecule has 0 bridgehead atoms. The molecule has 3 rings (SSSR count). The average molecular weight is 395 g/mol. The summed E-state index contributed by atoms with van der Waals surface area (Å²) in [7, 11) is 1.66. The number of aromatic nitrogens is 2. The minimum Gasteiger partial charge on any atom is -0.497 e. The van der Waals surface area contributed by atoms with Gasteiger partial charge in [-0.2, -0.15) is 0 Å². The second-order valence-electron chi connectivity index (χ2n) is 5.35. The highest BCUT2D eigenvalue weighted by molar-refractivity contribution is 14.1. The Hall–Kier alpha value is -1.37. The predicted octanol–water partition coefficient (Wildman–Crippen LogP) is 4.00. The monoisotopic (exact) mass is 395 g/mol. The molecule has 1 aromatic heterocycles. The van der Waals surface area contributed by atoms with Crippen LogP contribution in [0.2, 0.25) is 0 Å². The maximum absolute atomic E-state index is 6.11. The van der Waals surface area contributed by atoms with Crippen molar-refractivity contribution in [2.24, 2.45) is 0 Å². The van der Waals surface area contributed by atoms with Crippen molar-refractivity contribution in [3.05, 3.63) is 33.5 Å². The summed E-state index contributed by atoms with van der Waals surface area (Å²) in [6.07, 6.45) is 4.95. The highest BCUT2D eigenvalue weighted by Gasteiger charge is 2.23. The topological polar surface area (TPSA) is 61.0 Å². The zero-order chi connectivity index (χ0) is 14.8. The van der Waals surface area contributed by atoms with Crippen LogP contribution < -0.4 is 10.5 Å². The van der Waals surface area contributed by atoms with Crippen LogP contribution in [0.1, 0.15) is 37.3 Å². The van der Waals surface area contributed by atoms with Gasteiger partial charge in [-0.05, 0) is 47.6 Å². The third kappa shape index (κ3) is 2.97. The van der Waals surface area contributed by atoms with E-state index in [1.807, 2.05) is 24.3 Å². The molecule has 0 amide bonds. The Kier molecular flexibility index (Phi) is 4.28. The number of hydrogen-bond donors (Lipinski definition) is 1. The Morgan fingerprint density at radius 3 is 2.71 bits per heavy atom. The van der Waals surface area contributed by atoms with Gasteiger partial charge in [-0.3, -0.25) is 0 Å². The first-order valence-corrected chi connectivity index (χ1v) is 8.24. The highest BCUT2D eigenvalue weighted by atomic mass is 127. The van der Waals surface area contributed by atoms with Crippen LogP contribution in [0.15, 0.2) is 24.3 Å². The van der Waals surface area contributed by atoms with Gasteiger partial charge in [0.05, 0.1) is 16.4 Å². The molecule has 2 N–H and O–H groups in total. The molecule has 4 nitrogen and oxygen atoms in total. The number of nitrogens with zero attached hydrogens (tertiary/aromatic N) is 2. The van der Waals surface area contributed by atoms with Crippen LogP contribution in [-0.2, 0) is 0 Å². The van der Waals surface area contributed by atoms with Crippen LogP contribution in [0.3, 0.4) is 0 Å². The summed E-state index contributed by atoms with van der Waals surface area (Å²) in [4.78, 5) is 9.26. The molecular weight excluding hydrogens is 377 g/mol. The summed E-state index contributed by atoms with van der Waals surface area (Å²) in [5.41, 5.74) is 8.16. The van der Waals surface area contributed by atoms with E-state index in [2.05, 4.69) is 27.6 Å². The normalized spacial score (nSPS) is 15.3. The van der Waals surface area contributed by atoms with Gasteiger partial charge in [0, 0.05) is 11.5 Å². The third-order valence-electron chi connectivity index (χ3n) is 3.97. The Morgan fingerprint density at radius 2 is 2.00 bits per heavy atom. The van der Waals surface area contributed by atoms with E-state index < -0.39 is 0 Å². The van der Waals surface area contributed by atoms with Gasteiger partial charge >= 0.3 is 0 Å². The van der Waals surface area contributed by atoms with E-state index in [-0.39, 0.29) is 0 Å². The molecule has 0 spiro atoms. The number of methoxy groups -OCH3 is 1. The van der Waals surface area contributed by atoms with Crippen molar-refractivity contribution in [1.82, 2.24) is 9.97 Å². The molecule has 0 radical (unpaired) electrons. The molecule has 1 fully saturated rings. The standard InChI is InChI=1S/C16H18IN3O/c1-21-12-8-4-7-11(9-12)16-19-14(10-5-2-3-6-10)13(17)15(18)20-16/h4,7-10H,2-3,5-6H2,1H3,(H2,18,19,20). The van der Waals surface area contributed by atoms with Gasteiger partial charge in [0.15, 0.2) is 5.82 Å². The van der Waals surface area contributed by atoms with E-state index in [1.54, 1.807) is 7.11 Å². The van der Waals surface area contributed by atoms with E-state index >= 15 is 0 Å². The van der Waals surface area contributed by atoms with E-state index in [0.29, 0.717) is 17.6 Å². The van der Waals surface area contributed by atoms with Crippen molar-refractivity contribution in [2.45, 2.75) is 31.6 Å². The molecule has 21 heavy (non-hydrogen) atoms. The number of halogens is 1. The fourth-order valence-corrected chi connectivity index (χ4v) is 3.53. The lowest BCUT2D eigenvalue weighted by molar-refractivity contribution is 0.415. The van der Waals surface area contributed by atoms with Crippen LogP contribution in [0, 0.1) is 3.57 Å². The molecule has 0 atom stereocenters. The number of rotatable bonds is 3. The van der Waals surface area contributed by atoms with Crippen LogP contribution in [0.4, 0.5) is 5.82 Å². The SMILES string of the molecule is COc1cccc(-c2nc(N)c(I)c(C3CCCC3)n2)c1. The zero-order valence-corrected chi connectivity index (χ0v) is 14.1. The summed E-state index contributed by atoms with van der Waals surface area (Å²) in [6.45, 7) is 0. The zero-order valence-electron chi connectivity index (χ0n) is 12.0. The van der Waals surface area contributed by atoms with Gasteiger partial charge in [-0.15, -0.1) is 0 Å². The van der Waals surface area contributed by atoms with Crippen molar-refractivity contribution in [1.29, 1.82) is 0 Å².